The van der Waals surface area contributed by atoms with E-state index in [1.54, 1.807) is 11.9 Å². The van der Waals surface area contributed by atoms with Crippen LogP contribution < -0.4 is 15.5 Å². The van der Waals surface area contributed by atoms with E-state index in [4.69, 9.17) is 17.3 Å². The third-order valence-corrected chi connectivity index (χ3v) is 3.80. The molecule has 0 radical (unpaired) electrons. The second-order valence-corrected chi connectivity index (χ2v) is 4.93. The number of anilines is 2. The van der Waals surface area contributed by atoms with Gasteiger partial charge in [-0.25, -0.2) is 0 Å². The molecule has 1 aliphatic rings. The highest BCUT2D eigenvalue weighted by Crippen LogP contribution is 2.38. The molecule has 98 valence electrons. The fraction of sp³-hybridized carbons (Fsp3) is 0.462. The normalized spacial score (nSPS) is 15.7. The number of fused-ring (bicyclic) bond motifs is 1. The summed E-state index contributed by atoms with van der Waals surface area (Å²) in [6, 6.07) is 3.74. The summed E-state index contributed by atoms with van der Waals surface area (Å²) < 4.78 is 0. The summed E-state index contributed by atoms with van der Waals surface area (Å²) in [5, 5.41) is 0.721. The maximum atomic E-state index is 12.0. The molecule has 0 bridgehead atoms. The number of amides is 1. The fourth-order valence-electron chi connectivity index (χ4n) is 2.35. The Hall–Kier alpha value is -1.26. The van der Waals surface area contributed by atoms with Crippen molar-refractivity contribution in [3.05, 3.63) is 22.7 Å². The van der Waals surface area contributed by atoms with Crippen LogP contribution in [0.25, 0.3) is 0 Å². The van der Waals surface area contributed by atoms with E-state index < -0.39 is 0 Å². The number of halogens is 1. The van der Waals surface area contributed by atoms with Crippen molar-refractivity contribution in [3.8, 4) is 0 Å². The van der Waals surface area contributed by atoms with Crippen molar-refractivity contribution in [2.75, 3.05) is 36.5 Å². The first-order valence-electron chi connectivity index (χ1n) is 6.07. The Morgan fingerprint density at radius 3 is 2.83 bits per heavy atom. The van der Waals surface area contributed by atoms with Crippen LogP contribution in [0.15, 0.2) is 12.1 Å². The smallest absolute Gasteiger partial charge is 0.228 e. The van der Waals surface area contributed by atoms with Crippen LogP contribution in [-0.2, 0) is 4.79 Å². The van der Waals surface area contributed by atoms with E-state index in [2.05, 4.69) is 4.90 Å². The number of hydrogen-bond donors (Lipinski definition) is 1. The Labute approximate surface area is 112 Å². The minimum atomic E-state index is 0.123. The first-order valence-corrected chi connectivity index (χ1v) is 6.44. The van der Waals surface area contributed by atoms with Gasteiger partial charge < -0.3 is 15.5 Å². The Balaban J connectivity index is 2.57. The molecule has 0 aromatic heterocycles. The number of carbonyl (C=O) groups excluding carboxylic acids is 1. The molecular formula is C13H18ClN3O. The molecule has 4 nitrogen and oxygen atoms in total. The van der Waals surface area contributed by atoms with Crippen LogP contribution in [0.3, 0.4) is 0 Å². The van der Waals surface area contributed by atoms with Crippen LogP contribution in [-0.4, -0.2) is 32.6 Å². The van der Waals surface area contributed by atoms with Crippen molar-refractivity contribution < 1.29 is 4.79 Å². The third kappa shape index (κ3) is 2.18. The van der Waals surface area contributed by atoms with Crippen molar-refractivity contribution in [2.24, 2.45) is 5.73 Å². The summed E-state index contributed by atoms with van der Waals surface area (Å²) in [7, 11) is 1.81. The molecule has 2 rings (SSSR count). The first-order chi connectivity index (χ1) is 8.56. The predicted molar refractivity (Wildman–Crippen MR) is 75.5 cm³/mol. The zero-order valence-electron chi connectivity index (χ0n) is 10.7. The average molecular weight is 268 g/mol. The molecule has 18 heavy (non-hydrogen) atoms. The van der Waals surface area contributed by atoms with Gasteiger partial charge in [0.05, 0.1) is 11.4 Å². The molecule has 0 saturated heterocycles. The van der Waals surface area contributed by atoms with E-state index >= 15 is 0 Å². The lowest BCUT2D eigenvalue weighted by atomic mass is 10.1. The van der Waals surface area contributed by atoms with Gasteiger partial charge in [0, 0.05) is 38.1 Å². The topological polar surface area (TPSA) is 49.6 Å². The molecule has 5 heteroatoms. The molecule has 1 heterocycles. The molecule has 1 aromatic rings. The molecular weight excluding hydrogens is 250 g/mol. The number of benzene rings is 1. The van der Waals surface area contributed by atoms with Crippen molar-refractivity contribution >= 4 is 28.9 Å². The highest BCUT2D eigenvalue weighted by Gasteiger charge is 2.25. The predicted octanol–water partition coefficient (Wildman–Crippen LogP) is 1.78. The van der Waals surface area contributed by atoms with Crippen molar-refractivity contribution in [2.45, 2.75) is 13.3 Å². The molecule has 0 atom stereocenters. The largest absolute Gasteiger partial charge is 0.368 e. The summed E-state index contributed by atoms with van der Waals surface area (Å²) in [5.41, 5.74) is 8.59. The molecule has 1 aromatic carbocycles. The van der Waals surface area contributed by atoms with E-state index in [1.165, 1.54) is 0 Å². The number of carbonyl (C=O) groups is 1. The minimum absolute atomic E-state index is 0.123. The van der Waals surface area contributed by atoms with Gasteiger partial charge in [-0.1, -0.05) is 11.6 Å². The van der Waals surface area contributed by atoms with Crippen molar-refractivity contribution in [3.63, 3.8) is 0 Å². The Morgan fingerprint density at radius 2 is 2.17 bits per heavy atom. The number of nitrogens with two attached hydrogens (primary N) is 1. The van der Waals surface area contributed by atoms with Crippen LogP contribution in [0, 0.1) is 6.92 Å². The lowest BCUT2D eigenvalue weighted by Gasteiger charge is -2.27. The van der Waals surface area contributed by atoms with Crippen molar-refractivity contribution in [1.29, 1.82) is 0 Å². The van der Waals surface area contributed by atoms with Crippen LogP contribution in [0.4, 0.5) is 11.4 Å². The van der Waals surface area contributed by atoms with Crippen LogP contribution in [0.1, 0.15) is 12.0 Å². The highest BCUT2D eigenvalue weighted by molar-refractivity contribution is 6.32. The van der Waals surface area contributed by atoms with Crippen LogP contribution in [0.5, 0.6) is 0 Å². The molecule has 0 spiro atoms. The van der Waals surface area contributed by atoms with Gasteiger partial charge >= 0.3 is 0 Å². The second-order valence-electron chi connectivity index (χ2n) is 4.52. The van der Waals surface area contributed by atoms with Gasteiger partial charge in [0.2, 0.25) is 5.91 Å². The lowest BCUT2D eigenvalue weighted by Crippen LogP contribution is -2.30. The first kappa shape index (κ1) is 13.2. The molecule has 2 N–H and O–H groups in total. The summed E-state index contributed by atoms with van der Waals surface area (Å²) in [6.07, 6.45) is 0.502. The lowest BCUT2D eigenvalue weighted by molar-refractivity contribution is -0.118. The van der Waals surface area contributed by atoms with Crippen molar-refractivity contribution in [1.82, 2.24) is 0 Å². The second kappa shape index (κ2) is 5.16. The van der Waals surface area contributed by atoms with Gasteiger partial charge in [-0.2, -0.15) is 0 Å². The van der Waals surface area contributed by atoms with Gasteiger partial charge in [-0.05, 0) is 24.6 Å². The van der Waals surface area contributed by atoms with Crippen LogP contribution >= 0.6 is 11.6 Å². The minimum Gasteiger partial charge on any atom is -0.368 e. The SMILES string of the molecule is Cc1c(Cl)ccc2c1N(CCN)CCC(=O)N2C. The number of hydrogen-bond acceptors (Lipinski definition) is 3. The molecule has 0 unspecified atom stereocenters. The Kier molecular flexibility index (Phi) is 3.78. The van der Waals surface area contributed by atoms with Gasteiger partial charge in [0.15, 0.2) is 0 Å². The average Bonchev–Trinajstić information content (AvgIpc) is 2.47. The zero-order valence-corrected chi connectivity index (χ0v) is 11.5. The Bertz CT molecular complexity index is 476. The van der Waals surface area contributed by atoms with Gasteiger partial charge in [0.25, 0.3) is 0 Å². The van der Waals surface area contributed by atoms with E-state index in [1.807, 2.05) is 19.1 Å². The van der Waals surface area contributed by atoms with Crippen LogP contribution in [0.2, 0.25) is 5.02 Å². The maximum Gasteiger partial charge on any atom is 0.228 e. The highest BCUT2D eigenvalue weighted by atomic mass is 35.5. The summed E-state index contributed by atoms with van der Waals surface area (Å²) in [5.74, 6) is 0.123. The molecule has 1 amide bonds. The van der Waals surface area contributed by atoms with E-state index in [9.17, 15) is 4.79 Å². The third-order valence-electron chi connectivity index (χ3n) is 3.39. The fourth-order valence-corrected chi connectivity index (χ4v) is 2.51. The molecule has 0 fully saturated rings. The van der Waals surface area contributed by atoms with Gasteiger partial charge in [-0.3, -0.25) is 4.79 Å². The monoisotopic (exact) mass is 267 g/mol. The van der Waals surface area contributed by atoms with E-state index in [0.717, 1.165) is 28.5 Å². The number of nitrogens with zero attached hydrogens (tertiary/aromatic N) is 2. The summed E-state index contributed by atoms with van der Waals surface area (Å²) in [6.45, 7) is 3.96. The standard InChI is InChI=1S/C13H18ClN3O/c1-9-10(14)3-4-11-13(9)17(8-6-15)7-5-12(18)16(11)2/h3-4H,5-8,15H2,1-2H3. The van der Waals surface area contributed by atoms with Gasteiger partial charge in [0.1, 0.15) is 0 Å². The summed E-state index contributed by atoms with van der Waals surface area (Å²) in [4.78, 5) is 15.8. The van der Waals surface area contributed by atoms with E-state index in [0.29, 0.717) is 19.5 Å². The number of rotatable bonds is 2. The quantitative estimate of drug-likeness (QED) is 0.889. The zero-order chi connectivity index (χ0) is 13.3. The Morgan fingerprint density at radius 1 is 1.44 bits per heavy atom. The van der Waals surface area contributed by atoms with Gasteiger partial charge in [-0.15, -0.1) is 0 Å². The van der Waals surface area contributed by atoms with E-state index in [-0.39, 0.29) is 5.91 Å². The molecule has 1 aliphatic heterocycles. The maximum absolute atomic E-state index is 12.0. The molecule has 0 saturated carbocycles. The summed E-state index contributed by atoms with van der Waals surface area (Å²) >= 11 is 6.19. The molecule has 0 aliphatic carbocycles.